The van der Waals surface area contributed by atoms with Crippen LogP contribution in [0.15, 0.2) is 18.2 Å². The third kappa shape index (κ3) is 7.79. The lowest BCUT2D eigenvalue weighted by Crippen LogP contribution is -2.48. The highest BCUT2D eigenvalue weighted by atomic mass is 19.1. The Hall–Kier alpha value is -2.66. The van der Waals surface area contributed by atoms with Gasteiger partial charge in [0.05, 0.1) is 13.2 Å². The van der Waals surface area contributed by atoms with Crippen molar-refractivity contribution in [1.82, 2.24) is 15.5 Å². The van der Waals surface area contributed by atoms with E-state index in [1.165, 1.54) is 6.07 Å². The van der Waals surface area contributed by atoms with Crippen LogP contribution in [0.5, 0.6) is 5.75 Å². The number of nitrogens with zero attached hydrogens (tertiary/aromatic N) is 2. The number of hydrogen-bond donors (Lipinski definition) is 2. The highest BCUT2D eigenvalue weighted by Gasteiger charge is 2.45. The number of halogens is 1. The Morgan fingerprint density at radius 2 is 2.00 bits per heavy atom. The van der Waals surface area contributed by atoms with Gasteiger partial charge in [-0.15, -0.1) is 0 Å². The van der Waals surface area contributed by atoms with Crippen molar-refractivity contribution in [3.63, 3.8) is 0 Å². The zero-order valence-electron chi connectivity index (χ0n) is 19.5. The van der Waals surface area contributed by atoms with Gasteiger partial charge in [-0.2, -0.15) is 5.26 Å². The van der Waals surface area contributed by atoms with E-state index in [-0.39, 0.29) is 11.7 Å². The maximum Gasteiger partial charge on any atom is 0.243 e. The molecule has 1 heterocycles. The lowest BCUT2D eigenvalue weighted by atomic mass is 9.89. The third-order valence-corrected chi connectivity index (χ3v) is 5.94. The molecule has 1 aliphatic heterocycles. The molecular formula is C24H35FN4O3. The molecule has 1 saturated carbocycles. The topological polar surface area (TPSA) is 94.5 Å². The zero-order chi connectivity index (χ0) is 23.7. The van der Waals surface area contributed by atoms with E-state index in [4.69, 9.17) is 10.00 Å². The van der Waals surface area contributed by atoms with Crippen LogP contribution in [0.2, 0.25) is 0 Å². The fraction of sp³-hybridized carbons (Fsp3) is 0.625. The molecular weight excluding hydrogens is 411 g/mol. The number of ether oxygens (including phenoxy) is 1. The molecule has 32 heavy (non-hydrogen) atoms. The minimum absolute atomic E-state index is 0.201. The van der Waals surface area contributed by atoms with Crippen molar-refractivity contribution in [3.8, 4) is 11.8 Å². The molecule has 3 rings (SSSR count). The van der Waals surface area contributed by atoms with Crippen LogP contribution in [0.4, 0.5) is 4.39 Å². The summed E-state index contributed by atoms with van der Waals surface area (Å²) in [5.41, 5.74) is 0.404. The molecule has 2 N–H and O–H groups in total. The molecule has 8 heteroatoms. The average molecular weight is 447 g/mol. The molecule has 1 aliphatic carbocycles. The Kier molecular flexibility index (Phi) is 9.45. The molecule has 0 spiro atoms. The summed E-state index contributed by atoms with van der Waals surface area (Å²) < 4.78 is 18.5. The van der Waals surface area contributed by atoms with Crippen LogP contribution in [0.25, 0.3) is 0 Å². The normalized spacial score (nSPS) is 18.5. The summed E-state index contributed by atoms with van der Waals surface area (Å²) in [6.45, 7) is 6.13. The fourth-order valence-corrected chi connectivity index (χ4v) is 3.80. The minimum atomic E-state index is -0.670. The van der Waals surface area contributed by atoms with E-state index >= 15 is 0 Å². The van der Waals surface area contributed by atoms with E-state index in [0.717, 1.165) is 31.5 Å². The molecule has 2 fully saturated rings. The molecule has 2 aliphatic rings. The lowest BCUT2D eigenvalue weighted by Gasteiger charge is -2.29. The van der Waals surface area contributed by atoms with Crippen LogP contribution >= 0.6 is 0 Å². The first-order valence-electron chi connectivity index (χ1n) is 11.2. The van der Waals surface area contributed by atoms with Gasteiger partial charge in [0.25, 0.3) is 0 Å². The molecule has 1 atom stereocenters. The zero-order valence-corrected chi connectivity index (χ0v) is 19.5. The number of nitriles is 1. The van der Waals surface area contributed by atoms with Gasteiger partial charge in [-0.1, -0.05) is 13.8 Å². The van der Waals surface area contributed by atoms with Gasteiger partial charge >= 0.3 is 0 Å². The van der Waals surface area contributed by atoms with E-state index in [1.807, 2.05) is 19.9 Å². The van der Waals surface area contributed by atoms with Crippen LogP contribution in [0.3, 0.4) is 0 Å². The summed E-state index contributed by atoms with van der Waals surface area (Å²) >= 11 is 0. The van der Waals surface area contributed by atoms with Crippen molar-refractivity contribution >= 4 is 12.3 Å². The van der Waals surface area contributed by atoms with Crippen LogP contribution in [-0.2, 0) is 9.59 Å². The van der Waals surface area contributed by atoms with Crippen molar-refractivity contribution in [3.05, 3.63) is 29.6 Å². The first-order valence-corrected chi connectivity index (χ1v) is 11.2. The van der Waals surface area contributed by atoms with Crippen LogP contribution < -0.4 is 15.4 Å². The highest BCUT2D eigenvalue weighted by Crippen LogP contribution is 2.34. The molecule has 1 saturated heterocycles. The molecule has 0 aromatic heterocycles. The Labute approximate surface area is 190 Å². The summed E-state index contributed by atoms with van der Waals surface area (Å²) in [5.74, 6) is 0.934. The van der Waals surface area contributed by atoms with Gasteiger partial charge in [-0.25, -0.2) is 4.39 Å². The van der Waals surface area contributed by atoms with Gasteiger partial charge in [-0.05, 0) is 81.8 Å². The average Bonchev–Trinajstić information content (AvgIpc) is 3.53. The van der Waals surface area contributed by atoms with Crippen molar-refractivity contribution < 1.29 is 18.7 Å². The Morgan fingerprint density at radius 3 is 2.50 bits per heavy atom. The number of hydrogen-bond acceptors (Lipinski definition) is 5. The van der Waals surface area contributed by atoms with Crippen molar-refractivity contribution in [2.24, 2.45) is 5.92 Å². The number of methoxy groups -OCH3 is 1. The number of likely N-dealkylation sites (tertiary alicyclic amines) is 1. The second kappa shape index (κ2) is 11.8. The predicted molar refractivity (Wildman–Crippen MR) is 121 cm³/mol. The standard InChI is InChI=1S/C13H18FNO.C11H17N3O2/c1-15-5-3-10(4-6-15)11-7-12(14)9-13(8-11)16-2;1-8(2)5-9(13-7-15)10(16)14-11(6-12)3-4-11/h7-10H,3-6H2,1-2H3;7-9H,3-5H2,1-2H3,(H,13,15)(H,14,16). The third-order valence-electron chi connectivity index (χ3n) is 5.94. The summed E-state index contributed by atoms with van der Waals surface area (Å²) in [4.78, 5) is 24.5. The molecule has 2 amide bonds. The van der Waals surface area contributed by atoms with E-state index in [9.17, 15) is 14.0 Å². The summed E-state index contributed by atoms with van der Waals surface area (Å²) in [5, 5.41) is 14.0. The van der Waals surface area contributed by atoms with E-state index in [2.05, 4.69) is 28.7 Å². The maximum atomic E-state index is 13.4. The Bertz CT molecular complexity index is 812. The number of benzene rings is 1. The number of carbonyl (C=O) groups excluding carboxylic acids is 2. The Morgan fingerprint density at radius 1 is 1.34 bits per heavy atom. The Balaban J connectivity index is 0.000000227. The van der Waals surface area contributed by atoms with Crippen molar-refractivity contribution in [1.29, 1.82) is 5.26 Å². The monoisotopic (exact) mass is 446 g/mol. The van der Waals surface area contributed by atoms with Gasteiger partial charge in [0.15, 0.2) is 0 Å². The van der Waals surface area contributed by atoms with Gasteiger partial charge in [0.2, 0.25) is 12.3 Å². The number of rotatable bonds is 8. The second-order valence-electron chi connectivity index (χ2n) is 9.15. The smallest absolute Gasteiger partial charge is 0.243 e. The SMILES string of the molecule is CC(C)CC(NC=O)C(=O)NC1(C#N)CC1.COc1cc(F)cc(C2CCN(C)CC2)c1. The molecule has 1 aromatic rings. The van der Waals surface area contributed by atoms with E-state index in [0.29, 0.717) is 43.3 Å². The molecule has 0 radical (unpaired) electrons. The second-order valence-corrected chi connectivity index (χ2v) is 9.15. The van der Waals surface area contributed by atoms with Gasteiger partial charge in [0.1, 0.15) is 23.1 Å². The number of piperidine rings is 1. The number of amides is 2. The quantitative estimate of drug-likeness (QED) is 0.599. The van der Waals surface area contributed by atoms with Gasteiger partial charge in [0, 0.05) is 6.07 Å². The summed E-state index contributed by atoms with van der Waals surface area (Å²) in [6.07, 6.45) is 4.70. The fourth-order valence-electron chi connectivity index (χ4n) is 3.80. The molecule has 176 valence electrons. The van der Waals surface area contributed by atoms with Gasteiger partial charge in [-0.3, -0.25) is 9.59 Å². The highest BCUT2D eigenvalue weighted by molar-refractivity contribution is 5.85. The molecule has 7 nitrogen and oxygen atoms in total. The molecule has 0 bridgehead atoms. The largest absolute Gasteiger partial charge is 0.497 e. The molecule has 1 unspecified atom stereocenters. The minimum Gasteiger partial charge on any atom is -0.497 e. The van der Waals surface area contributed by atoms with Crippen LogP contribution in [0, 0.1) is 23.1 Å². The predicted octanol–water partition coefficient (Wildman–Crippen LogP) is 2.96. The lowest BCUT2D eigenvalue weighted by molar-refractivity contribution is -0.126. The first-order chi connectivity index (χ1) is 15.2. The van der Waals surface area contributed by atoms with Gasteiger partial charge < -0.3 is 20.3 Å². The number of nitrogens with one attached hydrogen (secondary N) is 2. The van der Waals surface area contributed by atoms with E-state index in [1.54, 1.807) is 13.2 Å². The van der Waals surface area contributed by atoms with Crippen molar-refractivity contribution in [2.45, 2.75) is 63.5 Å². The molecule has 1 aromatic carbocycles. The first kappa shape index (κ1) is 25.6. The maximum absolute atomic E-state index is 13.4. The summed E-state index contributed by atoms with van der Waals surface area (Å²) in [6, 6.07) is 6.57. The number of carbonyl (C=O) groups is 2. The van der Waals surface area contributed by atoms with Crippen LogP contribution in [0.1, 0.15) is 57.4 Å². The summed E-state index contributed by atoms with van der Waals surface area (Å²) in [7, 11) is 3.70. The van der Waals surface area contributed by atoms with Crippen LogP contribution in [-0.4, -0.2) is 56.0 Å². The van der Waals surface area contributed by atoms with Crippen molar-refractivity contribution in [2.75, 3.05) is 27.2 Å². The van der Waals surface area contributed by atoms with E-state index < -0.39 is 11.6 Å².